The first-order valence-electron chi connectivity index (χ1n) is 5.00. The molecule has 5 N–H and O–H groups in total. The van der Waals surface area contributed by atoms with Crippen LogP contribution in [0.4, 0.5) is 5.69 Å². The van der Waals surface area contributed by atoms with Crippen molar-refractivity contribution in [3.63, 3.8) is 0 Å². The van der Waals surface area contributed by atoms with Gasteiger partial charge in [0.05, 0.1) is 12.2 Å². The molecular weight excluding hydrogens is 236 g/mol. The Labute approximate surface area is 102 Å². The van der Waals surface area contributed by atoms with Crippen LogP contribution in [0.1, 0.15) is 15.9 Å². The smallest absolute Gasteiger partial charge is 0.250 e. The van der Waals surface area contributed by atoms with E-state index in [2.05, 4.69) is 0 Å². The highest BCUT2D eigenvalue weighted by Gasteiger charge is 2.13. The van der Waals surface area contributed by atoms with Gasteiger partial charge in [0, 0.05) is 16.1 Å². The van der Waals surface area contributed by atoms with Gasteiger partial charge in [-0.05, 0) is 23.1 Å². The van der Waals surface area contributed by atoms with Crippen LogP contribution in [0, 0.1) is 0 Å². The van der Waals surface area contributed by atoms with Crippen molar-refractivity contribution < 1.29 is 9.90 Å². The van der Waals surface area contributed by atoms with Gasteiger partial charge < -0.3 is 16.6 Å². The topological polar surface area (TPSA) is 89.3 Å². The van der Waals surface area contributed by atoms with Crippen LogP contribution in [0.25, 0.3) is 10.4 Å². The molecule has 1 aromatic carbocycles. The first kappa shape index (κ1) is 11.6. The summed E-state index contributed by atoms with van der Waals surface area (Å²) in [7, 11) is 0. The van der Waals surface area contributed by atoms with E-state index in [0.717, 1.165) is 16.0 Å². The summed E-state index contributed by atoms with van der Waals surface area (Å²) >= 11 is 1.42. The summed E-state index contributed by atoms with van der Waals surface area (Å²) in [5, 5.41) is 10.8. The van der Waals surface area contributed by atoms with Gasteiger partial charge in [0.25, 0.3) is 0 Å². The highest BCUT2D eigenvalue weighted by molar-refractivity contribution is 7.14. The number of hydrogen-bond acceptors (Lipinski definition) is 4. The van der Waals surface area contributed by atoms with Crippen molar-refractivity contribution in [2.45, 2.75) is 6.61 Å². The molecule has 0 unspecified atom stereocenters. The monoisotopic (exact) mass is 248 g/mol. The van der Waals surface area contributed by atoms with Gasteiger partial charge >= 0.3 is 0 Å². The summed E-state index contributed by atoms with van der Waals surface area (Å²) in [6, 6.07) is 6.94. The largest absolute Gasteiger partial charge is 0.398 e. The Morgan fingerprint density at radius 1 is 1.35 bits per heavy atom. The maximum Gasteiger partial charge on any atom is 0.250 e. The Morgan fingerprint density at radius 3 is 2.71 bits per heavy atom. The van der Waals surface area contributed by atoms with E-state index in [0.29, 0.717) is 11.3 Å². The van der Waals surface area contributed by atoms with Crippen molar-refractivity contribution in [3.05, 3.63) is 40.8 Å². The molecule has 88 valence electrons. The molecule has 2 aromatic rings. The lowest BCUT2D eigenvalue weighted by molar-refractivity contribution is 0.100. The second kappa shape index (κ2) is 4.57. The molecule has 0 bridgehead atoms. The van der Waals surface area contributed by atoms with Crippen LogP contribution in [-0.2, 0) is 6.61 Å². The molecule has 17 heavy (non-hydrogen) atoms. The third kappa shape index (κ3) is 2.15. The number of anilines is 1. The van der Waals surface area contributed by atoms with E-state index in [1.165, 1.54) is 11.3 Å². The third-order valence-corrected chi connectivity index (χ3v) is 3.42. The lowest BCUT2D eigenvalue weighted by atomic mass is 10.1. The highest BCUT2D eigenvalue weighted by Crippen LogP contribution is 2.33. The summed E-state index contributed by atoms with van der Waals surface area (Å²) in [5.41, 5.74) is 13.7. The van der Waals surface area contributed by atoms with E-state index in [1.807, 2.05) is 0 Å². The maximum absolute atomic E-state index is 11.2. The zero-order valence-corrected chi connectivity index (χ0v) is 9.83. The molecule has 0 aliphatic heterocycles. The average Bonchev–Trinajstić information content (AvgIpc) is 2.77. The van der Waals surface area contributed by atoms with Crippen LogP contribution >= 0.6 is 11.3 Å². The molecule has 1 heterocycles. The number of aliphatic hydroxyl groups excluding tert-OH is 1. The van der Waals surface area contributed by atoms with Gasteiger partial charge in [0.15, 0.2) is 0 Å². The zero-order chi connectivity index (χ0) is 12.4. The summed E-state index contributed by atoms with van der Waals surface area (Å²) in [5.74, 6) is -0.466. The Balaban J connectivity index is 2.53. The molecule has 2 rings (SSSR count). The predicted octanol–water partition coefficient (Wildman–Crippen LogP) is 1.59. The van der Waals surface area contributed by atoms with Crippen LogP contribution in [0.15, 0.2) is 29.6 Å². The summed E-state index contributed by atoms with van der Waals surface area (Å²) < 4.78 is 0. The zero-order valence-electron chi connectivity index (χ0n) is 9.01. The van der Waals surface area contributed by atoms with Crippen molar-refractivity contribution in [2.24, 2.45) is 5.73 Å². The first-order valence-corrected chi connectivity index (χ1v) is 5.88. The van der Waals surface area contributed by atoms with Gasteiger partial charge in [-0.15, -0.1) is 11.3 Å². The van der Waals surface area contributed by atoms with Crippen LogP contribution in [0.5, 0.6) is 0 Å². The second-order valence-corrected chi connectivity index (χ2v) is 4.52. The van der Waals surface area contributed by atoms with E-state index >= 15 is 0 Å². The number of hydrogen-bond donors (Lipinski definition) is 3. The van der Waals surface area contributed by atoms with E-state index < -0.39 is 5.91 Å². The Bertz CT molecular complexity index is 563. The number of thiophene rings is 1. The van der Waals surface area contributed by atoms with E-state index in [9.17, 15) is 4.79 Å². The second-order valence-electron chi connectivity index (χ2n) is 3.61. The molecule has 0 saturated carbocycles. The number of benzene rings is 1. The number of rotatable bonds is 3. The van der Waals surface area contributed by atoms with Gasteiger partial charge in [0.2, 0.25) is 5.91 Å². The van der Waals surface area contributed by atoms with Gasteiger partial charge in [-0.3, -0.25) is 4.79 Å². The van der Waals surface area contributed by atoms with Gasteiger partial charge in [0.1, 0.15) is 0 Å². The summed E-state index contributed by atoms with van der Waals surface area (Å²) in [6.07, 6.45) is 0. The van der Waals surface area contributed by atoms with Crippen LogP contribution < -0.4 is 11.5 Å². The quantitative estimate of drug-likeness (QED) is 0.720. The maximum atomic E-state index is 11.2. The lowest BCUT2D eigenvalue weighted by Gasteiger charge is -2.07. The Kier molecular flexibility index (Phi) is 3.12. The van der Waals surface area contributed by atoms with E-state index in [4.69, 9.17) is 16.6 Å². The van der Waals surface area contributed by atoms with Crippen molar-refractivity contribution in [1.82, 2.24) is 0 Å². The van der Waals surface area contributed by atoms with E-state index in [1.54, 1.807) is 29.6 Å². The Hall–Kier alpha value is -1.85. The molecule has 1 amide bonds. The molecule has 1 aromatic heterocycles. The molecule has 0 spiro atoms. The van der Waals surface area contributed by atoms with E-state index in [-0.39, 0.29) is 6.61 Å². The molecule has 0 saturated heterocycles. The fourth-order valence-electron chi connectivity index (χ4n) is 1.63. The van der Waals surface area contributed by atoms with Crippen molar-refractivity contribution in [2.75, 3.05) is 5.73 Å². The average molecular weight is 248 g/mol. The molecule has 0 fully saturated rings. The highest BCUT2D eigenvalue weighted by atomic mass is 32.1. The minimum Gasteiger partial charge on any atom is -0.398 e. The molecule has 4 nitrogen and oxygen atoms in total. The Morgan fingerprint density at radius 2 is 2.12 bits per heavy atom. The fraction of sp³-hybridized carbons (Fsp3) is 0.0833. The number of carbonyl (C=O) groups excluding carboxylic acids is 1. The fourth-order valence-corrected chi connectivity index (χ4v) is 2.58. The lowest BCUT2D eigenvalue weighted by Crippen LogP contribution is -2.10. The number of amides is 1. The first-order chi connectivity index (χ1) is 8.13. The van der Waals surface area contributed by atoms with Gasteiger partial charge in [-0.1, -0.05) is 12.1 Å². The van der Waals surface area contributed by atoms with Crippen molar-refractivity contribution in [3.8, 4) is 10.4 Å². The number of primary amides is 1. The molecular formula is C12H12N2O2S. The predicted molar refractivity (Wildman–Crippen MR) is 68.6 cm³/mol. The number of nitrogens with two attached hydrogens (primary N) is 2. The van der Waals surface area contributed by atoms with Crippen LogP contribution in [0.3, 0.4) is 0 Å². The van der Waals surface area contributed by atoms with Crippen LogP contribution in [0.2, 0.25) is 0 Å². The normalized spacial score (nSPS) is 10.4. The van der Waals surface area contributed by atoms with Gasteiger partial charge in [-0.2, -0.15) is 0 Å². The van der Waals surface area contributed by atoms with Gasteiger partial charge in [-0.25, -0.2) is 0 Å². The number of nitrogen functional groups attached to an aromatic ring is 1. The third-order valence-electron chi connectivity index (χ3n) is 2.47. The number of carbonyl (C=O) groups is 1. The standard InChI is InChI=1S/C12H12N2O2S/c13-10-5-7(6-15)1-2-8(10)11-9(12(14)16)3-4-17-11/h1-5,15H,6,13H2,(H2,14,16). The number of aliphatic hydroxyl groups is 1. The minimum atomic E-state index is -0.466. The molecule has 0 aliphatic rings. The molecule has 5 heteroatoms. The summed E-state index contributed by atoms with van der Waals surface area (Å²) in [6.45, 7) is -0.0579. The van der Waals surface area contributed by atoms with Crippen molar-refractivity contribution >= 4 is 22.9 Å². The molecule has 0 atom stereocenters. The summed E-state index contributed by atoms with van der Waals surface area (Å²) in [4.78, 5) is 12.0. The molecule has 0 radical (unpaired) electrons. The van der Waals surface area contributed by atoms with Crippen LogP contribution in [-0.4, -0.2) is 11.0 Å². The molecule has 0 aliphatic carbocycles. The minimum absolute atomic E-state index is 0.0579. The van der Waals surface area contributed by atoms with Crippen molar-refractivity contribution in [1.29, 1.82) is 0 Å². The SMILES string of the molecule is NC(=O)c1ccsc1-c1ccc(CO)cc1N.